The van der Waals surface area contributed by atoms with Gasteiger partial charge in [0.2, 0.25) is 0 Å². The van der Waals surface area contributed by atoms with Gasteiger partial charge in [0.05, 0.1) is 0 Å². The third-order valence-corrected chi connectivity index (χ3v) is 2.65. The number of benzene rings is 1. The van der Waals surface area contributed by atoms with E-state index in [-0.39, 0.29) is 12.0 Å². The van der Waals surface area contributed by atoms with Crippen molar-refractivity contribution < 1.29 is 8.78 Å². The van der Waals surface area contributed by atoms with E-state index in [2.05, 4.69) is 19.2 Å². The second kappa shape index (κ2) is 6.10. The van der Waals surface area contributed by atoms with E-state index in [0.717, 1.165) is 12.1 Å². The summed E-state index contributed by atoms with van der Waals surface area (Å²) >= 11 is 0. The highest BCUT2D eigenvalue weighted by Gasteiger charge is 2.29. The Kier molecular flexibility index (Phi) is 5.06. The monoisotopic (exact) mass is 241 g/mol. The maximum atomic E-state index is 13.6. The second-order valence-electron chi connectivity index (χ2n) is 4.69. The van der Waals surface area contributed by atoms with Crippen molar-refractivity contribution in [2.75, 3.05) is 0 Å². The molecule has 0 spiro atoms. The quantitative estimate of drug-likeness (QED) is 0.791. The Morgan fingerprint density at radius 3 is 2.24 bits per heavy atom. The van der Waals surface area contributed by atoms with E-state index in [9.17, 15) is 8.78 Å². The maximum absolute atomic E-state index is 13.6. The standard InChI is InChI=1S/C14H21F2N/c1-4-9-14(15,16)13-7-5-12(6-8-13)10-17-11(2)3/h5-8,11,17H,4,9-10H2,1-3H3. The second-order valence-corrected chi connectivity index (χ2v) is 4.69. The van der Waals surface area contributed by atoms with Crippen LogP contribution in [0.5, 0.6) is 0 Å². The van der Waals surface area contributed by atoms with Crippen LogP contribution in [-0.2, 0) is 12.5 Å². The van der Waals surface area contributed by atoms with Gasteiger partial charge in [0.15, 0.2) is 0 Å². The van der Waals surface area contributed by atoms with Gasteiger partial charge in [0.25, 0.3) is 5.92 Å². The van der Waals surface area contributed by atoms with Crippen molar-refractivity contribution in [3.8, 4) is 0 Å². The van der Waals surface area contributed by atoms with E-state index in [1.54, 1.807) is 19.1 Å². The first-order chi connectivity index (χ1) is 7.95. The fraction of sp³-hybridized carbons (Fsp3) is 0.571. The molecule has 0 aliphatic rings. The molecule has 0 atom stereocenters. The van der Waals surface area contributed by atoms with Crippen LogP contribution < -0.4 is 5.32 Å². The Labute approximate surface area is 102 Å². The van der Waals surface area contributed by atoms with Crippen LogP contribution >= 0.6 is 0 Å². The van der Waals surface area contributed by atoms with Crippen molar-refractivity contribution in [1.29, 1.82) is 0 Å². The van der Waals surface area contributed by atoms with Gasteiger partial charge in [-0.2, -0.15) is 0 Å². The zero-order valence-electron chi connectivity index (χ0n) is 10.8. The van der Waals surface area contributed by atoms with Gasteiger partial charge in [-0.25, -0.2) is 8.78 Å². The fourth-order valence-corrected chi connectivity index (χ4v) is 1.65. The predicted octanol–water partition coefficient (Wildman–Crippen LogP) is 4.08. The zero-order valence-corrected chi connectivity index (χ0v) is 10.8. The van der Waals surface area contributed by atoms with Crippen molar-refractivity contribution >= 4 is 0 Å². The van der Waals surface area contributed by atoms with Crippen LogP contribution in [0.15, 0.2) is 24.3 Å². The van der Waals surface area contributed by atoms with Crippen molar-refractivity contribution in [3.63, 3.8) is 0 Å². The Morgan fingerprint density at radius 1 is 1.18 bits per heavy atom. The molecule has 0 heterocycles. The predicted molar refractivity (Wildman–Crippen MR) is 67.2 cm³/mol. The zero-order chi connectivity index (χ0) is 12.9. The normalized spacial score (nSPS) is 12.1. The minimum absolute atomic E-state index is 0.0867. The number of nitrogens with one attached hydrogen (secondary N) is 1. The Morgan fingerprint density at radius 2 is 1.76 bits per heavy atom. The minimum atomic E-state index is -2.70. The molecule has 0 amide bonds. The van der Waals surface area contributed by atoms with Crippen molar-refractivity contribution in [1.82, 2.24) is 5.32 Å². The highest BCUT2D eigenvalue weighted by molar-refractivity contribution is 5.25. The summed E-state index contributed by atoms with van der Waals surface area (Å²) in [7, 11) is 0. The summed E-state index contributed by atoms with van der Waals surface area (Å²) in [6, 6.07) is 7.01. The molecular formula is C14H21F2N. The molecule has 3 heteroatoms. The molecule has 0 radical (unpaired) electrons. The smallest absolute Gasteiger partial charge is 0.273 e. The lowest BCUT2D eigenvalue weighted by atomic mass is 10.0. The molecule has 0 unspecified atom stereocenters. The van der Waals surface area contributed by atoms with Gasteiger partial charge in [-0.15, -0.1) is 0 Å². The number of hydrogen-bond donors (Lipinski definition) is 1. The number of hydrogen-bond acceptors (Lipinski definition) is 1. The molecule has 0 aliphatic carbocycles. The molecule has 0 aromatic heterocycles. The molecule has 1 aromatic carbocycles. The SMILES string of the molecule is CCCC(F)(F)c1ccc(CNC(C)C)cc1. The molecule has 1 aromatic rings. The molecule has 1 nitrogen and oxygen atoms in total. The highest BCUT2D eigenvalue weighted by Crippen LogP contribution is 2.32. The van der Waals surface area contributed by atoms with Crippen LogP contribution in [0, 0.1) is 0 Å². The fourth-order valence-electron chi connectivity index (χ4n) is 1.65. The molecule has 17 heavy (non-hydrogen) atoms. The lowest BCUT2D eigenvalue weighted by Crippen LogP contribution is -2.21. The minimum Gasteiger partial charge on any atom is -0.310 e. The van der Waals surface area contributed by atoms with E-state index >= 15 is 0 Å². The largest absolute Gasteiger partial charge is 0.310 e. The first-order valence-corrected chi connectivity index (χ1v) is 6.16. The lowest BCUT2D eigenvalue weighted by Gasteiger charge is -2.16. The van der Waals surface area contributed by atoms with Crippen molar-refractivity contribution in [2.24, 2.45) is 0 Å². The summed E-state index contributed by atoms with van der Waals surface area (Å²) in [5.41, 5.74) is 1.15. The Bertz CT molecular complexity index is 331. The molecule has 0 aliphatic heterocycles. The molecule has 1 N–H and O–H groups in total. The van der Waals surface area contributed by atoms with Gasteiger partial charge in [-0.1, -0.05) is 51.5 Å². The average Bonchev–Trinajstić information content (AvgIpc) is 2.27. The molecule has 0 saturated heterocycles. The summed E-state index contributed by atoms with van der Waals surface area (Å²) in [6.45, 7) is 6.61. The summed E-state index contributed by atoms with van der Waals surface area (Å²) in [4.78, 5) is 0. The van der Waals surface area contributed by atoms with Gasteiger partial charge in [-0.05, 0) is 5.56 Å². The molecule has 0 fully saturated rings. The average molecular weight is 241 g/mol. The molecular weight excluding hydrogens is 220 g/mol. The molecule has 96 valence electrons. The summed E-state index contributed by atoms with van der Waals surface area (Å²) in [6.07, 6.45) is 0.403. The molecule has 0 bridgehead atoms. The van der Waals surface area contributed by atoms with Gasteiger partial charge in [0.1, 0.15) is 0 Å². The Balaban J connectivity index is 2.67. The maximum Gasteiger partial charge on any atom is 0.273 e. The van der Waals surface area contributed by atoms with Crippen LogP contribution in [0.3, 0.4) is 0 Å². The van der Waals surface area contributed by atoms with Crippen molar-refractivity contribution in [2.45, 2.75) is 52.1 Å². The molecule has 0 saturated carbocycles. The Hall–Kier alpha value is -0.960. The van der Waals surface area contributed by atoms with Crippen LogP contribution in [-0.4, -0.2) is 6.04 Å². The third-order valence-electron chi connectivity index (χ3n) is 2.65. The molecule has 1 rings (SSSR count). The first-order valence-electron chi connectivity index (χ1n) is 6.16. The number of halogens is 2. The van der Waals surface area contributed by atoms with Gasteiger partial charge in [-0.3, -0.25) is 0 Å². The van der Waals surface area contributed by atoms with Crippen LogP contribution in [0.1, 0.15) is 44.7 Å². The van der Waals surface area contributed by atoms with E-state index in [0.29, 0.717) is 12.5 Å². The van der Waals surface area contributed by atoms with E-state index < -0.39 is 5.92 Å². The highest BCUT2D eigenvalue weighted by atomic mass is 19.3. The van der Waals surface area contributed by atoms with Gasteiger partial charge in [0, 0.05) is 24.6 Å². The summed E-state index contributed by atoms with van der Waals surface area (Å²) < 4.78 is 27.2. The van der Waals surface area contributed by atoms with Gasteiger partial charge >= 0.3 is 0 Å². The van der Waals surface area contributed by atoms with E-state index in [1.807, 2.05) is 0 Å². The van der Waals surface area contributed by atoms with Gasteiger partial charge < -0.3 is 5.32 Å². The van der Waals surface area contributed by atoms with E-state index in [1.165, 1.54) is 12.1 Å². The third kappa shape index (κ3) is 4.43. The van der Waals surface area contributed by atoms with Crippen LogP contribution in [0.2, 0.25) is 0 Å². The topological polar surface area (TPSA) is 12.0 Å². The lowest BCUT2D eigenvalue weighted by molar-refractivity contribution is -0.0140. The summed E-state index contributed by atoms with van der Waals surface area (Å²) in [5, 5.41) is 3.26. The van der Waals surface area contributed by atoms with Crippen LogP contribution in [0.25, 0.3) is 0 Å². The van der Waals surface area contributed by atoms with Crippen LogP contribution in [0.4, 0.5) is 8.78 Å². The number of alkyl halides is 2. The van der Waals surface area contributed by atoms with Crippen molar-refractivity contribution in [3.05, 3.63) is 35.4 Å². The summed E-state index contributed by atoms with van der Waals surface area (Å²) in [5.74, 6) is -2.70. The first kappa shape index (κ1) is 14.1. The number of rotatable bonds is 6. The van der Waals surface area contributed by atoms with E-state index in [4.69, 9.17) is 0 Å².